The number of rotatable bonds is 4. The quantitative estimate of drug-likeness (QED) is 0.387. The summed E-state index contributed by atoms with van der Waals surface area (Å²) in [6, 6.07) is 10.1. The molecule has 0 unspecified atom stereocenters. The van der Waals surface area contributed by atoms with Crippen molar-refractivity contribution in [2.24, 2.45) is 0 Å². The first-order chi connectivity index (χ1) is 12.7. The standard InChI is InChI=1S/C18H13BrF3NO4/c19-11-6-7-15-12(8-11)13(9-14(24)10-4-2-1-3-5-10)16(23(25)26)17(27-15)18(20,21)22/h1-8,13,16-17H,9H2/t13-,16-,17-/m1/s1. The highest BCUT2D eigenvalue weighted by Gasteiger charge is 2.59. The molecular weight excluding hydrogens is 431 g/mol. The third-order valence-electron chi connectivity index (χ3n) is 4.41. The Kier molecular flexibility index (Phi) is 5.23. The lowest BCUT2D eigenvalue weighted by molar-refractivity contribution is -0.548. The summed E-state index contributed by atoms with van der Waals surface area (Å²) in [5.74, 6) is -1.86. The molecule has 2 aromatic rings. The van der Waals surface area contributed by atoms with E-state index in [9.17, 15) is 28.1 Å². The number of hydrogen-bond donors (Lipinski definition) is 0. The van der Waals surface area contributed by atoms with E-state index in [-0.39, 0.29) is 16.9 Å². The van der Waals surface area contributed by atoms with E-state index in [0.29, 0.717) is 4.47 Å². The van der Waals surface area contributed by atoms with Crippen LogP contribution in [-0.2, 0) is 0 Å². The summed E-state index contributed by atoms with van der Waals surface area (Å²) in [6.07, 6.45) is -8.01. The number of ether oxygens (including phenoxy) is 1. The van der Waals surface area contributed by atoms with Gasteiger partial charge < -0.3 is 4.74 Å². The van der Waals surface area contributed by atoms with Crippen LogP contribution in [0.1, 0.15) is 28.3 Å². The Labute approximate surface area is 160 Å². The van der Waals surface area contributed by atoms with Crippen LogP contribution in [-0.4, -0.2) is 29.0 Å². The van der Waals surface area contributed by atoms with Gasteiger partial charge in [0.25, 0.3) is 12.1 Å². The number of ketones is 1. The van der Waals surface area contributed by atoms with Gasteiger partial charge in [0.05, 0.1) is 5.92 Å². The van der Waals surface area contributed by atoms with E-state index in [1.54, 1.807) is 18.2 Å². The van der Waals surface area contributed by atoms with E-state index in [1.807, 2.05) is 0 Å². The van der Waals surface area contributed by atoms with Gasteiger partial charge in [0.2, 0.25) is 0 Å². The predicted octanol–water partition coefficient (Wildman–Crippen LogP) is 4.77. The maximum atomic E-state index is 13.4. The van der Waals surface area contributed by atoms with Crippen LogP contribution < -0.4 is 4.74 Å². The molecule has 0 radical (unpaired) electrons. The van der Waals surface area contributed by atoms with Crippen molar-refractivity contribution in [3.63, 3.8) is 0 Å². The largest absolute Gasteiger partial charge is 0.473 e. The van der Waals surface area contributed by atoms with Crippen LogP contribution in [0.25, 0.3) is 0 Å². The number of hydrogen-bond acceptors (Lipinski definition) is 4. The monoisotopic (exact) mass is 443 g/mol. The zero-order valence-electron chi connectivity index (χ0n) is 13.7. The average molecular weight is 444 g/mol. The molecule has 3 rings (SSSR count). The number of fused-ring (bicyclic) bond motifs is 1. The van der Waals surface area contributed by atoms with Gasteiger partial charge in [-0.3, -0.25) is 14.9 Å². The van der Waals surface area contributed by atoms with Crippen molar-refractivity contribution in [3.05, 3.63) is 74.2 Å². The number of alkyl halides is 3. The zero-order chi connectivity index (χ0) is 19.8. The summed E-state index contributed by atoms with van der Waals surface area (Å²) in [6.45, 7) is 0. The highest BCUT2D eigenvalue weighted by atomic mass is 79.9. The Balaban J connectivity index is 2.07. The summed E-state index contributed by atoms with van der Waals surface area (Å²) in [5.41, 5.74) is 0.488. The van der Waals surface area contributed by atoms with Crippen LogP contribution in [0, 0.1) is 10.1 Å². The molecule has 1 heterocycles. The van der Waals surface area contributed by atoms with E-state index in [1.165, 1.54) is 30.3 Å². The van der Waals surface area contributed by atoms with Crippen molar-refractivity contribution in [1.82, 2.24) is 0 Å². The van der Waals surface area contributed by atoms with E-state index in [2.05, 4.69) is 15.9 Å². The van der Waals surface area contributed by atoms with Crippen molar-refractivity contribution < 1.29 is 27.6 Å². The molecule has 1 aliphatic rings. The Bertz CT molecular complexity index is 873. The molecule has 0 saturated carbocycles. The fourth-order valence-corrected chi connectivity index (χ4v) is 3.59. The molecule has 1 aliphatic heterocycles. The van der Waals surface area contributed by atoms with Crippen LogP contribution >= 0.6 is 15.9 Å². The maximum Gasteiger partial charge on any atom is 0.432 e. The second-order valence-electron chi connectivity index (χ2n) is 6.14. The second-order valence-corrected chi connectivity index (χ2v) is 7.05. The van der Waals surface area contributed by atoms with Crippen molar-refractivity contribution in [1.29, 1.82) is 0 Å². The van der Waals surface area contributed by atoms with Gasteiger partial charge in [-0.05, 0) is 18.2 Å². The van der Waals surface area contributed by atoms with Gasteiger partial charge in [-0.2, -0.15) is 13.2 Å². The SMILES string of the molecule is O=C(C[C@@H]1c2cc(Br)ccc2O[C@@H](C(F)(F)F)[C@@H]1[N+](=O)[O-])c1ccccc1. The zero-order valence-corrected chi connectivity index (χ0v) is 15.2. The molecule has 0 aromatic heterocycles. The normalized spacial score (nSPS) is 21.9. The number of nitrogens with zero attached hydrogens (tertiary/aromatic N) is 1. The number of Topliss-reactive ketones (excluding diaryl/α,β-unsaturated/α-hetero) is 1. The number of carbonyl (C=O) groups excluding carboxylic acids is 1. The van der Waals surface area contributed by atoms with Gasteiger partial charge in [-0.25, -0.2) is 0 Å². The van der Waals surface area contributed by atoms with Crippen LogP contribution in [0.5, 0.6) is 5.75 Å². The highest BCUT2D eigenvalue weighted by Crippen LogP contribution is 2.45. The Hall–Kier alpha value is -2.42. The van der Waals surface area contributed by atoms with Crippen molar-refractivity contribution in [2.45, 2.75) is 30.7 Å². The summed E-state index contributed by atoms with van der Waals surface area (Å²) >= 11 is 3.21. The molecule has 0 saturated heterocycles. The number of benzene rings is 2. The molecule has 0 fully saturated rings. The molecule has 0 N–H and O–H groups in total. The number of carbonyl (C=O) groups is 1. The lowest BCUT2D eigenvalue weighted by atomic mass is 9.81. The minimum Gasteiger partial charge on any atom is -0.473 e. The Morgan fingerprint density at radius 2 is 1.85 bits per heavy atom. The topological polar surface area (TPSA) is 69.4 Å². The Morgan fingerprint density at radius 3 is 2.44 bits per heavy atom. The van der Waals surface area contributed by atoms with E-state index < -0.39 is 41.4 Å². The van der Waals surface area contributed by atoms with E-state index in [0.717, 1.165) is 0 Å². The van der Waals surface area contributed by atoms with Gasteiger partial charge in [-0.1, -0.05) is 46.3 Å². The molecule has 2 aromatic carbocycles. The Morgan fingerprint density at radius 1 is 1.19 bits per heavy atom. The van der Waals surface area contributed by atoms with Gasteiger partial charge >= 0.3 is 6.18 Å². The molecule has 5 nitrogen and oxygen atoms in total. The fraction of sp³-hybridized carbons (Fsp3) is 0.278. The van der Waals surface area contributed by atoms with Gasteiger partial charge in [-0.15, -0.1) is 0 Å². The molecule has 0 spiro atoms. The lowest BCUT2D eigenvalue weighted by Crippen LogP contribution is -2.53. The minimum atomic E-state index is -4.95. The molecule has 27 heavy (non-hydrogen) atoms. The summed E-state index contributed by atoms with van der Waals surface area (Å²) in [7, 11) is 0. The summed E-state index contributed by atoms with van der Waals surface area (Å²) in [4.78, 5) is 23.1. The third-order valence-corrected chi connectivity index (χ3v) is 4.91. The lowest BCUT2D eigenvalue weighted by Gasteiger charge is -2.35. The average Bonchev–Trinajstić information content (AvgIpc) is 2.61. The van der Waals surface area contributed by atoms with Crippen LogP contribution in [0.15, 0.2) is 53.0 Å². The number of nitro groups is 1. The molecule has 0 bridgehead atoms. The summed E-state index contributed by atoms with van der Waals surface area (Å²) < 4.78 is 45.8. The second kappa shape index (κ2) is 7.30. The van der Waals surface area contributed by atoms with Crippen LogP contribution in [0.2, 0.25) is 0 Å². The van der Waals surface area contributed by atoms with E-state index >= 15 is 0 Å². The first-order valence-corrected chi connectivity index (χ1v) is 8.72. The van der Waals surface area contributed by atoms with Gasteiger partial charge in [0, 0.05) is 26.9 Å². The molecule has 0 aliphatic carbocycles. The minimum absolute atomic E-state index is 0.107. The van der Waals surface area contributed by atoms with Crippen molar-refractivity contribution in [3.8, 4) is 5.75 Å². The van der Waals surface area contributed by atoms with Crippen molar-refractivity contribution >= 4 is 21.7 Å². The molecule has 0 amide bonds. The maximum absolute atomic E-state index is 13.4. The van der Waals surface area contributed by atoms with Crippen molar-refractivity contribution in [2.75, 3.05) is 0 Å². The number of halogens is 4. The fourth-order valence-electron chi connectivity index (χ4n) is 3.21. The molecule has 9 heteroatoms. The smallest absolute Gasteiger partial charge is 0.432 e. The van der Waals surface area contributed by atoms with Crippen LogP contribution in [0.3, 0.4) is 0 Å². The van der Waals surface area contributed by atoms with Gasteiger partial charge in [0.15, 0.2) is 5.78 Å². The first-order valence-electron chi connectivity index (χ1n) is 7.93. The van der Waals surface area contributed by atoms with E-state index in [4.69, 9.17) is 4.74 Å². The summed E-state index contributed by atoms with van der Waals surface area (Å²) in [5, 5.41) is 11.5. The van der Waals surface area contributed by atoms with Gasteiger partial charge in [0.1, 0.15) is 5.75 Å². The first kappa shape index (κ1) is 19.3. The third kappa shape index (κ3) is 3.97. The molecule has 142 valence electrons. The molecular formula is C18H13BrF3NO4. The predicted molar refractivity (Wildman–Crippen MR) is 93.5 cm³/mol. The highest BCUT2D eigenvalue weighted by molar-refractivity contribution is 9.10. The molecule has 3 atom stereocenters. The van der Waals surface area contributed by atoms with Crippen LogP contribution in [0.4, 0.5) is 13.2 Å².